The molecule has 5 rings (SSSR count). The summed E-state index contributed by atoms with van der Waals surface area (Å²) >= 11 is 0. The molecule has 0 spiro atoms. The molecule has 9 nitrogen and oxygen atoms in total. The van der Waals surface area contributed by atoms with Crippen LogP contribution in [0.25, 0.3) is 0 Å². The van der Waals surface area contributed by atoms with Gasteiger partial charge in [0.05, 0.1) is 32.3 Å². The van der Waals surface area contributed by atoms with Gasteiger partial charge < -0.3 is 35.0 Å². The van der Waals surface area contributed by atoms with Gasteiger partial charge in [0.25, 0.3) is 0 Å². The van der Waals surface area contributed by atoms with Gasteiger partial charge in [-0.1, -0.05) is 32.1 Å². The monoisotopic (exact) mass is 542 g/mol. The van der Waals surface area contributed by atoms with Crippen molar-refractivity contribution in [3.63, 3.8) is 0 Å². The molecule has 3 aliphatic carbocycles. The van der Waals surface area contributed by atoms with E-state index in [-0.39, 0.29) is 37.5 Å². The first-order valence-electron chi connectivity index (χ1n) is 14.5. The molecule has 1 aromatic rings. The number of fused-ring (bicyclic) bond motifs is 3. The lowest BCUT2D eigenvalue weighted by molar-refractivity contribution is -0.142. The number of aliphatic hydroxyl groups excluding tert-OH is 3. The van der Waals surface area contributed by atoms with E-state index in [1.165, 1.54) is 13.5 Å². The van der Waals surface area contributed by atoms with E-state index in [0.717, 1.165) is 51.4 Å². The molecule has 9 heteroatoms. The summed E-state index contributed by atoms with van der Waals surface area (Å²) in [7, 11) is 1.51. The normalized spacial score (nSPS) is 26.8. The summed E-state index contributed by atoms with van der Waals surface area (Å²) in [6.07, 6.45) is 9.26. The van der Waals surface area contributed by atoms with Crippen molar-refractivity contribution in [2.75, 3.05) is 26.8 Å². The largest absolute Gasteiger partial charge is 0.493 e. The molecule has 1 aromatic carbocycles. The molecule has 1 heterocycles. The maximum atomic E-state index is 14.0. The van der Waals surface area contributed by atoms with Crippen LogP contribution in [0.1, 0.15) is 74.8 Å². The molecule has 39 heavy (non-hydrogen) atoms. The summed E-state index contributed by atoms with van der Waals surface area (Å²) in [4.78, 5) is 29.3. The van der Waals surface area contributed by atoms with E-state index in [1.807, 2.05) is 4.90 Å². The van der Waals surface area contributed by atoms with Crippen LogP contribution in [0, 0.1) is 11.8 Å². The molecule has 0 radical (unpaired) electrons. The number of carbonyl (C=O) groups is 2. The van der Waals surface area contributed by atoms with Crippen LogP contribution in [0.3, 0.4) is 0 Å². The van der Waals surface area contributed by atoms with Crippen LogP contribution in [0.4, 0.5) is 0 Å². The van der Waals surface area contributed by atoms with Gasteiger partial charge in [-0.2, -0.15) is 0 Å². The van der Waals surface area contributed by atoms with Crippen LogP contribution in [-0.4, -0.2) is 77.1 Å². The van der Waals surface area contributed by atoms with Gasteiger partial charge in [0.1, 0.15) is 12.2 Å². The van der Waals surface area contributed by atoms with Crippen LogP contribution >= 0.6 is 0 Å². The first-order chi connectivity index (χ1) is 19.0. The zero-order valence-corrected chi connectivity index (χ0v) is 22.8. The average molecular weight is 543 g/mol. The fourth-order valence-electron chi connectivity index (χ4n) is 7.03. The number of rotatable bonds is 9. The molecule has 1 aliphatic heterocycles. The Morgan fingerprint density at radius 1 is 1.08 bits per heavy atom. The molecule has 4 unspecified atom stereocenters. The SMILES string of the molecule is COc1cc(CO)cc2c1OC1C2C(C(=O)NCCO)=CC(N(CC2CCCCC2)C(=O)C2CCCC2)C1O. The van der Waals surface area contributed by atoms with Crippen molar-refractivity contribution >= 4 is 11.8 Å². The van der Waals surface area contributed by atoms with Gasteiger partial charge in [0.2, 0.25) is 11.8 Å². The minimum Gasteiger partial charge on any atom is -0.493 e. The highest BCUT2D eigenvalue weighted by Gasteiger charge is 2.52. The number of hydrogen-bond acceptors (Lipinski definition) is 7. The number of ether oxygens (including phenoxy) is 2. The summed E-state index contributed by atoms with van der Waals surface area (Å²) < 4.78 is 11.9. The summed E-state index contributed by atoms with van der Waals surface area (Å²) in [5, 5.41) is 33.8. The van der Waals surface area contributed by atoms with Gasteiger partial charge in [-0.15, -0.1) is 0 Å². The topological polar surface area (TPSA) is 129 Å². The lowest BCUT2D eigenvalue weighted by Crippen LogP contribution is -2.57. The van der Waals surface area contributed by atoms with Gasteiger partial charge in [-0.25, -0.2) is 0 Å². The predicted molar refractivity (Wildman–Crippen MR) is 144 cm³/mol. The second-order valence-electron chi connectivity index (χ2n) is 11.5. The first-order valence-corrected chi connectivity index (χ1v) is 14.5. The Bertz CT molecular complexity index is 1080. The molecule has 4 atom stereocenters. The number of nitrogens with one attached hydrogen (secondary N) is 1. The van der Waals surface area contributed by atoms with E-state index in [0.29, 0.717) is 40.7 Å². The zero-order chi connectivity index (χ0) is 27.5. The van der Waals surface area contributed by atoms with Gasteiger partial charge in [-0.05, 0) is 55.4 Å². The maximum Gasteiger partial charge on any atom is 0.247 e. The summed E-state index contributed by atoms with van der Waals surface area (Å²) in [6, 6.07) is 2.76. The van der Waals surface area contributed by atoms with Gasteiger partial charge >= 0.3 is 0 Å². The number of hydrogen-bond donors (Lipinski definition) is 4. The number of amides is 2. The van der Waals surface area contributed by atoms with Crippen molar-refractivity contribution in [3.05, 3.63) is 34.9 Å². The van der Waals surface area contributed by atoms with Crippen molar-refractivity contribution in [1.82, 2.24) is 10.2 Å². The molecular formula is C30H42N2O7. The highest BCUT2D eigenvalue weighted by atomic mass is 16.5. The number of methoxy groups -OCH3 is 1. The molecule has 214 valence electrons. The lowest BCUT2D eigenvalue weighted by atomic mass is 9.76. The Morgan fingerprint density at radius 3 is 2.46 bits per heavy atom. The fourth-order valence-corrected chi connectivity index (χ4v) is 7.03. The number of carbonyl (C=O) groups excluding carboxylic acids is 2. The number of benzene rings is 1. The number of aliphatic hydroxyl groups is 3. The molecule has 2 fully saturated rings. The van der Waals surface area contributed by atoms with Crippen molar-refractivity contribution in [2.45, 2.75) is 88.6 Å². The first kappa shape index (κ1) is 27.9. The summed E-state index contributed by atoms with van der Waals surface area (Å²) in [5.74, 6) is 0.241. The predicted octanol–water partition coefficient (Wildman–Crippen LogP) is 2.41. The second-order valence-corrected chi connectivity index (χ2v) is 11.5. The third-order valence-corrected chi connectivity index (χ3v) is 9.02. The summed E-state index contributed by atoms with van der Waals surface area (Å²) in [6.45, 7) is 0.221. The van der Waals surface area contributed by atoms with Crippen molar-refractivity contribution in [2.24, 2.45) is 11.8 Å². The quantitative estimate of drug-likeness (QED) is 0.377. The lowest BCUT2D eigenvalue weighted by Gasteiger charge is -2.43. The second kappa shape index (κ2) is 12.3. The smallest absolute Gasteiger partial charge is 0.247 e. The van der Waals surface area contributed by atoms with Crippen LogP contribution in [-0.2, 0) is 16.2 Å². The highest BCUT2D eigenvalue weighted by Crippen LogP contribution is 2.51. The van der Waals surface area contributed by atoms with Gasteiger partial charge in [-0.3, -0.25) is 9.59 Å². The molecule has 0 aromatic heterocycles. The Labute approximate surface area is 230 Å². The molecular weight excluding hydrogens is 500 g/mol. The fraction of sp³-hybridized carbons (Fsp3) is 0.667. The Balaban J connectivity index is 1.56. The Kier molecular flexibility index (Phi) is 8.79. The Hall–Kier alpha value is -2.62. The van der Waals surface area contributed by atoms with Crippen molar-refractivity contribution in [1.29, 1.82) is 0 Å². The van der Waals surface area contributed by atoms with E-state index in [1.54, 1.807) is 18.2 Å². The molecule has 2 saturated carbocycles. The number of nitrogens with zero attached hydrogens (tertiary/aromatic N) is 1. The highest BCUT2D eigenvalue weighted by molar-refractivity contribution is 5.96. The van der Waals surface area contributed by atoms with Crippen molar-refractivity contribution < 1.29 is 34.4 Å². The average Bonchev–Trinajstić information content (AvgIpc) is 3.64. The van der Waals surface area contributed by atoms with Crippen molar-refractivity contribution in [3.8, 4) is 11.5 Å². The van der Waals surface area contributed by atoms with Crippen LogP contribution in [0.15, 0.2) is 23.8 Å². The molecule has 4 aliphatic rings. The minimum atomic E-state index is -1.06. The summed E-state index contributed by atoms with van der Waals surface area (Å²) in [5.41, 5.74) is 1.66. The molecule has 0 bridgehead atoms. The Morgan fingerprint density at radius 2 is 1.79 bits per heavy atom. The van der Waals surface area contributed by atoms with E-state index in [2.05, 4.69) is 5.32 Å². The standard InChI is InChI=1S/C30H42N2O7/c1-38-24-14-19(17-34)13-21-25-22(29(36)31-11-12-33)15-23(26(35)28(25)39-27(21)24)32(16-18-7-3-2-4-8-18)30(37)20-9-5-6-10-20/h13-15,18,20,23,25-26,28,33-35H,2-12,16-17H2,1H3,(H,31,36). The van der Waals surface area contributed by atoms with E-state index < -0.39 is 24.2 Å². The van der Waals surface area contributed by atoms with Gasteiger partial charge in [0.15, 0.2) is 11.5 Å². The van der Waals surface area contributed by atoms with E-state index in [4.69, 9.17) is 9.47 Å². The van der Waals surface area contributed by atoms with E-state index in [9.17, 15) is 24.9 Å². The zero-order valence-electron chi connectivity index (χ0n) is 22.8. The van der Waals surface area contributed by atoms with Crippen LogP contribution < -0.4 is 14.8 Å². The third kappa shape index (κ3) is 5.54. The van der Waals surface area contributed by atoms with Gasteiger partial charge in [0, 0.05) is 30.1 Å². The molecule has 0 saturated heterocycles. The van der Waals surface area contributed by atoms with Crippen LogP contribution in [0.5, 0.6) is 11.5 Å². The maximum absolute atomic E-state index is 14.0. The minimum absolute atomic E-state index is 0.0580. The third-order valence-electron chi connectivity index (χ3n) is 9.02. The van der Waals surface area contributed by atoms with Crippen LogP contribution in [0.2, 0.25) is 0 Å². The van der Waals surface area contributed by atoms with E-state index >= 15 is 0 Å². The molecule has 2 amide bonds. The molecule has 4 N–H and O–H groups in total.